The first-order valence-electron chi connectivity index (χ1n) is 11.3. The topological polar surface area (TPSA) is 154 Å². The largest absolute Gasteiger partial charge is 0.445 e. The van der Waals surface area contributed by atoms with Gasteiger partial charge in [0.2, 0.25) is 17.6 Å². The number of carbonyl (C=O) groups is 3. The highest BCUT2D eigenvalue weighted by molar-refractivity contribution is 5.91. The van der Waals surface area contributed by atoms with E-state index >= 15 is 0 Å². The maximum Gasteiger partial charge on any atom is 0.408 e. The smallest absolute Gasteiger partial charge is 0.408 e. The summed E-state index contributed by atoms with van der Waals surface area (Å²) >= 11 is 0. The standard InChI is InChI=1S/C26H25FN4O6/c27-20-12-11-19(15-23(20)31(35)36)14-21(24(28)32)29-25(33)22(13-17-7-3-1-4-8-17)30-26(34)37-16-18-9-5-2-6-10-18/h1-12,15,21-22H,13-14,16H2,(H2,28,32)(H,29,33)(H,30,34)/t21-,22+/m1/s1. The average molecular weight is 509 g/mol. The molecule has 0 radical (unpaired) electrons. The van der Waals surface area contributed by atoms with E-state index in [4.69, 9.17) is 10.5 Å². The first kappa shape index (κ1) is 26.8. The second-order valence-corrected chi connectivity index (χ2v) is 8.16. The summed E-state index contributed by atoms with van der Waals surface area (Å²) in [5.41, 5.74) is 6.39. The van der Waals surface area contributed by atoms with Crippen molar-refractivity contribution < 1.29 is 28.4 Å². The third kappa shape index (κ3) is 8.13. The van der Waals surface area contributed by atoms with Gasteiger partial charge in [-0.2, -0.15) is 4.39 Å². The van der Waals surface area contributed by atoms with Crippen molar-refractivity contribution in [3.05, 3.63) is 111 Å². The lowest BCUT2D eigenvalue weighted by Gasteiger charge is -2.22. The summed E-state index contributed by atoms with van der Waals surface area (Å²) in [6, 6.07) is 18.5. The number of nitrogens with two attached hydrogens (primary N) is 1. The molecule has 11 heteroatoms. The van der Waals surface area contributed by atoms with Gasteiger partial charge >= 0.3 is 11.8 Å². The van der Waals surface area contributed by atoms with E-state index in [9.17, 15) is 28.9 Å². The number of alkyl carbamates (subject to hydrolysis) is 1. The summed E-state index contributed by atoms with van der Waals surface area (Å²) in [4.78, 5) is 47.8. The molecule has 3 rings (SSSR count). The molecule has 192 valence electrons. The summed E-state index contributed by atoms with van der Waals surface area (Å²) in [5, 5.41) is 16.0. The second kappa shape index (κ2) is 12.8. The SMILES string of the molecule is NC(=O)[C@@H](Cc1ccc(F)c([N+](=O)[O-])c1)NC(=O)[C@H](Cc1ccccc1)NC(=O)OCc1ccccc1. The van der Waals surface area contributed by atoms with Crippen molar-refractivity contribution in [1.29, 1.82) is 0 Å². The number of rotatable bonds is 11. The molecule has 4 N–H and O–H groups in total. The van der Waals surface area contributed by atoms with Crippen LogP contribution < -0.4 is 16.4 Å². The van der Waals surface area contributed by atoms with Crippen molar-refractivity contribution in [2.24, 2.45) is 5.73 Å². The van der Waals surface area contributed by atoms with E-state index in [0.717, 1.165) is 23.3 Å². The fourth-order valence-electron chi connectivity index (χ4n) is 3.52. The maximum atomic E-state index is 13.7. The monoisotopic (exact) mass is 508 g/mol. The quantitative estimate of drug-likeness (QED) is 0.267. The number of halogens is 1. The fourth-order valence-corrected chi connectivity index (χ4v) is 3.52. The molecule has 0 unspecified atom stereocenters. The van der Waals surface area contributed by atoms with Crippen LogP contribution in [0, 0.1) is 15.9 Å². The van der Waals surface area contributed by atoms with Gasteiger partial charge in [0.1, 0.15) is 18.7 Å². The van der Waals surface area contributed by atoms with Crippen LogP contribution in [0.15, 0.2) is 78.9 Å². The lowest BCUT2D eigenvalue weighted by atomic mass is 10.0. The predicted octanol–water partition coefficient (Wildman–Crippen LogP) is 2.78. The molecule has 0 heterocycles. The van der Waals surface area contributed by atoms with Crippen LogP contribution in [0.4, 0.5) is 14.9 Å². The lowest BCUT2D eigenvalue weighted by molar-refractivity contribution is -0.387. The molecule has 0 aliphatic heterocycles. The summed E-state index contributed by atoms with van der Waals surface area (Å²) in [6.45, 7) is -0.0143. The molecule has 3 aromatic carbocycles. The van der Waals surface area contributed by atoms with Crippen molar-refractivity contribution in [3.8, 4) is 0 Å². The third-order valence-electron chi connectivity index (χ3n) is 5.41. The first-order valence-corrected chi connectivity index (χ1v) is 11.3. The third-order valence-corrected chi connectivity index (χ3v) is 5.41. The van der Waals surface area contributed by atoms with E-state index in [1.54, 1.807) is 54.6 Å². The maximum absolute atomic E-state index is 13.7. The summed E-state index contributed by atoms with van der Waals surface area (Å²) in [5.74, 6) is -2.67. The van der Waals surface area contributed by atoms with Gasteiger partial charge in [-0.15, -0.1) is 0 Å². The molecule has 0 aliphatic rings. The van der Waals surface area contributed by atoms with Crippen LogP contribution in [-0.4, -0.2) is 34.9 Å². The van der Waals surface area contributed by atoms with Gasteiger partial charge in [-0.3, -0.25) is 19.7 Å². The fraction of sp³-hybridized carbons (Fsp3) is 0.192. The number of primary amides is 1. The van der Waals surface area contributed by atoms with Gasteiger partial charge in [0.25, 0.3) is 0 Å². The van der Waals surface area contributed by atoms with Crippen molar-refractivity contribution in [1.82, 2.24) is 10.6 Å². The number of carbonyl (C=O) groups excluding carboxylic acids is 3. The van der Waals surface area contributed by atoms with Crippen LogP contribution in [-0.2, 0) is 33.8 Å². The molecule has 37 heavy (non-hydrogen) atoms. The molecule has 0 saturated carbocycles. The van der Waals surface area contributed by atoms with Crippen molar-refractivity contribution in [2.75, 3.05) is 0 Å². The molecule has 0 spiro atoms. The zero-order chi connectivity index (χ0) is 26.8. The number of nitro groups is 1. The predicted molar refractivity (Wildman–Crippen MR) is 132 cm³/mol. The number of nitrogens with one attached hydrogen (secondary N) is 2. The van der Waals surface area contributed by atoms with Gasteiger partial charge in [-0.25, -0.2) is 4.79 Å². The van der Waals surface area contributed by atoms with Crippen LogP contribution in [0.2, 0.25) is 0 Å². The van der Waals surface area contributed by atoms with E-state index in [1.807, 2.05) is 6.07 Å². The Hall–Kier alpha value is -4.80. The van der Waals surface area contributed by atoms with E-state index < -0.39 is 46.4 Å². The Kier molecular flexibility index (Phi) is 9.25. The Morgan fingerprint density at radius 3 is 2.05 bits per heavy atom. The number of hydrogen-bond acceptors (Lipinski definition) is 6. The molecular weight excluding hydrogens is 483 g/mol. The minimum absolute atomic E-state index is 0.0143. The van der Waals surface area contributed by atoms with Gasteiger partial charge in [0, 0.05) is 18.9 Å². The number of nitro benzene ring substituents is 1. The van der Waals surface area contributed by atoms with Gasteiger partial charge in [0.15, 0.2) is 0 Å². The number of amides is 3. The van der Waals surface area contributed by atoms with E-state index in [1.165, 1.54) is 6.07 Å². The molecule has 2 atom stereocenters. The highest BCUT2D eigenvalue weighted by Gasteiger charge is 2.27. The van der Waals surface area contributed by atoms with Crippen LogP contribution in [0.25, 0.3) is 0 Å². The molecule has 0 aromatic heterocycles. The zero-order valence-corrected chi connectivity index (χ0v) is 19.6. The Labute approximate surface area is 211 Å². The van der Waals surface area contributed by atoms with Crippen LogP contribution in [0.1, 0.15) is 16.7 Å². The minimum atomic E-state index is -1.28. The Morgan fingerprint density at radius 2 is 1.46 bits per heavy atom. The summed E-state index contributed by atoms with van der Waals surface area (Å²) in [7, 11) is 0. The Bertz CT molecular complexity index is 1260. The summed E-state index contributed by atoms with van der Waals surface area (Å²) in [6.07, 6.45) is -0.982. The molecule has 0 aliphatic carbocycles. The molecule has 0 fully saturated rings. The van der Waals surface area contributed by atoms with Gasteiger partial charge in [-0.1, -0.05) is 66.7 Å². The van der Waals surface area contributed by atoms with Crippen LogP contribution in [0.3, 0.4) is 0 Å². The van der Waals surface area contributed by atoms with Gasteiger partial charge in [0.05, 0.1) is 4.92 Å². The molecule has 3 amide bonds. The Morgan fingerprint density at radius 1 is 0.865 bits per heavy atom. The zero-order valence-electron chi connectivity index (χ0n) is 19.6. The van der Waals surface area contributed by atoms with Crippen molar-refractivity contribution in [2.45, 2.75) is 31.5 Å². The Balaban J connectivity index is 1.73. The highest BCUT2D eigenvalue weighted by Crippen LogP contribution is 2.19. The normalized spacial score (nSPS) is 12.1. The van der Waals surface area contributed by atoms with E-state index in [-0.39, 0.29) is 25.0 Å². The lowest BCUT2D eigenvalue weighted by Crippen LogP contribution is -2.54. The first-order chi connectivity index (χ1) is 17.7. The van der Waals surface area contributed by atoms with Crippen LogP contribution >= 0.6 is 0 Å². The van der Waals surface area contributed by atoms with Crippen LogP contribution in [0.5, 0.6) is 0 Å². The number of hydrogen-bond donors (Lipinski definition) is 3. The van der Waals surface area contributed by atoms with Gasteiger partial charge < -0.3 is 21.1 Å². The van der Waals surface area contributed by atoms with Crippen molar-refractivity contribution >= 4 is 23.6 Å². The summed E-state index contributed by atoms with van der Waals surface area (Å²) < 4.78 is 18.9. The number of nitrogens with zero attached hydrogens (tertiary/aromatic N) is 1. The second-order valence-electron chi connectivity index (χ2n) is 8.16. The van der Waals surface area contributed by atoms with Crippen molar-refractivity contribution in [3.63, 3.8) is 0 Å². The van der Waals surface area contributed by atoms with E-state index in [0.29, 0.717) is 0 Å². The number of benzene rings is 3. The highest BCUT2D eigenvalue weighted by atomic mass is 19.1. The molecule has 10 nitrogen and oxygen atoms in total. The minimum Gasteiger partial charge on any atom is -0.445 e. The molecule has 0 bridgehead atoms. The average Bonchev–Trinajstić information content (AvgIpc) is 2.88. The number of ether oxygens (including phenoxy) is 1. The molecule has 3 aromatic rings. The van der Waals surface area contributed by atoms with E-state index in [2.05, 4.69) is 10.6 Å². The van der Waals surface area contributed by atoms with Gasteiger partial charge in [-0.05, 0) is 22.8 Å². The molecule has 0 saturated heterocycles. The molecular formula is C26H25FN4O6.